The minimum atomic E-state index is -0.163. The molecule has 3 heterocycles. The molecular weight excluding hydrogens is 344 g/mol. The molecule has 9 heteroatoms. The molecule has 0 radical (unpaired) electrons. The molecule has 9 nitrogen and oxygen atoms in total. The van der Waals surface area contributed by atoms with Gasteiger partial charge in [0.05, 0.1) is 17.8 Å². The van der Waals surface area contributed by atoms with Crippen LogP contribution in [0.25, 0.3) is 0 Å². The zero-order chi connectivity index (χ0) is 19.6. The van der Waals surface area contributed by atoms with E-state index in [1.54, 1.807) is 4.68 Å². The first-order valence-corrected chi connectivity index (χ1v) is 9.32. The van der Waals surface area contributed by atoms with Crippen molar-refractivity contribution in [1.82, 2.24) is 30.0 Å². The van der Waals surface area contributed by atoms with Gasteiger partial charge in [-0.25, -0.2) is 0 Å². The van der Waals surface area contributed by atoms with Gasteiger partial charge in [-0.3, -0.25) is 9.48 Å². The molecule has 0 unspecified atom stereocenters. The topological polar surface area (TPSA) is 92.1 Å². The Hall–Kier alpha value is -2.71. The minimum Gasteiger partial charge on any atom is -0.347 e. The molecule has 0 atom stereocenters. The number of aromatic nitrogens is 5. The second-order valence-corrected chi connectivity index (χ2v) is 7.15. The van der Waals surface area contributed by atoms with Gasteiger partial charge in [-0.1, -0.05) is 0 Å². The fraction of sp³-hybridized carbons (Fsp3) is 0.611. The van der Waals surface area contributed by atoms with E-state index >= 15 is 0 Å². The first kappa shape index (κ1) is 19.1. The maximum Gasteiger partial charge on any atom is 0.255 e. The summed E-state index contributed by atoms with van der Waals surface area (Å²) in [4.78, 5) is 30.3. The zero-order valence-electron chi connectivity index (χ0n) is 16.8. The summed E-state index contributed by atoms with van der Waals surface area (Å²) in [5.74, 6) is 1.68. The van der Waals surface area contributed by atoms with Crippen LogP contribution in [0.1, 0.15) is 46.8 Å². The average molecular weight is 372 g/mol. The van der Waals surface area contributed by atoms with Crippen molar-refractivity contribution in [2.75, 3.05) is 37.0 Å². The number of amides is 1. The fourth-order valence-electron chi connectivity index (χ4n) is 3.26. The molecule has 146 valence electrons. The van der Waals surface area contributed by atoms with E-state index < -0.39 is 0 Å². The SMILES string of the molecule is Cc1nn(C)c(C)c1C(=O)NCc1nc(N(C)C)nc(N2CCCCC2)n1. The van der Waals surface area contributed by atoms with Crippen LogP contribution >= 0.6 is 0 Å². The van der Waals surface area contributed by atoms with Gasteiger partial charge >= 0.3 is 0 Å². The van der Waals surface area contributed by atoms with E-state index in [0.717, 1.165) is 31.6 Å². The maximum atomic E-state index is 12.6. The van der Waals surface area contributed by atoms with Crippen molar-refractivity contribution in [3.05, 3.63) is 22.8 Å². The number of aryl methyl sites for hydroxylation is 2. The lowest BCUT2D eigenvalue weighted by Gasteiger charge is -2.27. The Bertz CT molecular complexity index is 823. The summed E-state index contributed by atoms with van der Waals surface area (Å²) in [7, 11) is 5.64. The molecule has 1 fully saturated rings. The number of rotatable bonds is 5. The molecule has 27 heavy (non-hydrogen) atoms. The van der Waals surface area contributed by atoms with Gasteiger partial charge in [-0.05, 0) is 33.1 Å². The number of nitrogens with zero attached hydrogens (tertiary/aromatic N) is 7. The Morgan fingerprint density at radius 3 is 2.41 bits per heavy atom. The summed E-state index contributed by atoms with van der Waals surface area (Å²) in [5, 5.41) is 7.22. The van der Waals surface area contributed by atoms with Crippen LogP contribution < -0.4 is 15.1 Å². The predicted molar refractivity (Wildman–Crippen MR) is 104 cm³/mol. The normalized spacial score (nSPS) is 14.3. The van der Waals surface area contributed by atoms with Crippen molar-refractivity contribution in [3.8, 4) is 0 Å². The molecule has 1 N–H and O–H groups in total. The highest BCUT2D eigenvalue weighted by atomic mass is 16.1. The highest BCUT2D eigenvalue weighted by molar-refractivity contribution is 5.96. The molecule has 1 aliphatic heterocycles. The first-order valence-electron chi connectivity index (χ1n) is 9.32. The summed E-state index contributed by atoms with van der Waals surface area (Å²) >= 11 is 0. The summed E-state index contributed by atoms with van der Waals surface area (Å²) in [6.45, 7) is 5.88. The van der Waals surface area contributed by atoms with Crippen LogP contribution in [0.15, 0.2) is 0 Å². The molecule has 2 aromatic heterocycles. The minimum absolute atomic E-state index is 0.163. The quantitative estimate of drug-likeness (QED) is 0.843. The monoisotopic (exact) mass is 372 g/mol. The van der Waals surface area contributed by atoms with Crippen molar-refractivity contribution in [2.45, 2.75) is 39.7 Å². The average Bonchev–Trinajstić information content (AvgIpc) is 2.92. The molecule has 3 rings (SSSR count). The third-order valence-corrected chi connectivity index (χ3v) is 4.84. The molecule has 0 aromatic carbocycles. The van der Waals surface area contributed by atoms with Crippen LogP contribution in [0.5, 0.6) is 0 Å². The van der Waals surface area contributed by atoms with Crippen molar-refractivity contribution in [1.29, 1.82) is 0 Å². The predicted octanol–water partition coefficient (Wildman–Crippen LogP) is 1.21. The lowest BCUT2D eigenvalue weighted by Crippen LogP contribution is -2.33. The maximum absolute atomic E-state index is 12.6. The molecule has 0 bridgehead atoms. The number of anilines is 2. The van der Waals surface area contributed by atoms with Crippen LogP contribution in [-0.2, 0) is 13.6 Å². The van der Waals surface area contributed by atoms with Gasteiger partial charge in [-0.15, -0.1) is 0 Å². The second kappa shape index (κ2) is 7.89. The fourth-order valence-corrected chi connectivity index (χ4v) is 3.26. The van der Waals surface area contributed by atoms with Crippen molar-refractivity contribution in [3.63, 3.8) is 0 Å². The van der Waals surface area contributed by atoms with E-state index in [1.165, 1.54) is 6.42 Å². The van der Waals surface area contributed by atoms with Gasteiger partial charge in [0.15, 0.2) is 5.82 Å². The van der Waals surface area contributed by atoms with E-state index in [9.17, 15) is 4.79 Å². The number of piperidine rings is 1. The van der Waals surface area contributed by atoms with E-state index in [4.69, 9.17) is 0 Å². The van der Waals surface area contributed by atoms with Crippen molar-refractivity contribution < 1.29 is 4.79 Å². The number of nitrogens with one attached hydrogen (secondary N) is 1. The van der Waals surface area contributed by atoms with Gasteiger partial charge < -0.3 is 15.1 Å². The molecular formula is C18H28N8O. The Balaban J connectivity index is 1.79. The third kappa shape index (κ3) is 4.17. The third-order valence-electron chi connectivity index (χ3n) is 4.84. The highest BCUT2D eigenvalue weighted by Gasteiger charge is 2.19. The van der Waals surface area contributed by atoms with Crippen LogP contribution in [0, 0.1) is 13.8 Å². The Labute approximate surface area is 159 Å². The second-order valence-electron chi connectivity index (χ2n) is 7.15. The van der Waals surface area contributed by atoms with Gasteiger partial charge in [0.25, 0.3) is 5.91 Å². The summed E-state index contributed by atoms with van der Waals surface area (Å²) in [6.07, 6.45) is 3.54. The van der Waals surface area contributed by atoms with Crippen LogP contribution in [0.4, 0.5) is 11.9 Å². The Kier molecular flexibility index (Phi) is 5.57. The highest BCUT2D eigenvalue weighted by Crippen LogP contribution is 2.18. The molecule has 1 aliphatic rings. The number of carbonyl (C=O) groups is 1. The summed E-state index contributed by atoms with van der Waals surface area (Å²) < 4.78 is 1.71. The lowest BCUT2D eigenvalue weighted by molar-refractivity contribution is 0.0948. The standard InChI is InChI=1S/C18H28N8O/c1-12-15(13(2)25(5)23-12)16(27)19-11-14-20-17(24(3)4)22-18(21-14)26-9-7-6-8-10-26/h6-11H2,1-5H3,(H,19,27). The van der Waals surface area contributed by atoms with Gasteiger partial charge in [0.1, 0.15) is 0 Å². The Morgan fingerprint density at radius 2 is 1.81 bits per heavy atom. The summed E-state index contributed by atoms with van der Waals surface area (Å²) in [5.41, 5.74) is 2.16. The van der Waals surface area contributed by atoms with Gasteiger partial charge in [0.2, 0.25) is 11.9 Å². The summed E-state index contributed by atoms with van der Waals surface area (Å²) in [6, 6.07) is 0. The zero-order valence-corrected chi connectivity index (χ0v) is 16.8. The molecule has 1 amide bonds. The van der Waals surface area contributed by atoms with E-state index in [1.807, 2.05) is 39.9 Å². The van der Waals surface area contributed by atoms with Crippen molar-refractivity contribution in [2.24, 2.45) is 7.05 Å². The van der Waals surface area contributed by atoms with Gasteiger partial charge in [0, 0.05) is 39.9 Å². The van der Waals surface area contributed by atoms with Crippen LogP contribution in [0.2, 0.25) is 0 Å². The first-order chi connectivity index (χ1) is 12.9. The number of hydrogen-bond donors (Lipinski definition) is 1. The van der Waals surface area contributed by atoms with Crippen LogP contribution in [-0.4, -0.2) is 57.8 Å². The van der Waals surface area contributed by atoms with Crippen molar-refractivity contribution >= 4 is 17.8 Å². The van der Waals surface area contributed by atoms with Crippen LogP contribution in [0.3, 0.4) is 0 Å². The van der Waals surface area contributed by atoms with E-state index in [0.29, 0.717) is 29.0 Å². The van der Waals surface area contributed by atoms with Gasteiger partial charge in [-0.2, -0.15) is 20.1 Å². The lowest BCUT2D eigenvalue weighted by atomic mass is 10.1. The number of carbonyl (C=O) groups excluding carboxylic acids is 1. The largest absolute Gasteiger partial charge is 0.347 e. The molecule has 1 saturated heterocycles. The van der Waals surface area contributed by atoms with E-state index in [2.05, 4.69) is 30.3 Å². The molecule has 0 aliphatic carbocycles. The molecule has 0 saturated carbocycles. The molecule has 2 aromatic rings. The Morgan fingerprint density at radius 1 is 1.11 bits per heavy atom. The molecule has 0 spiro atoms. The smallest absolute Gasteiger partial charge is 0.255 e. The van der Waals surface area contributed by atoms with E-state index in [-0.39, 0.29) is 12.5 Å². The number of hydrogen-bond acceptors (Lipinski definition) is 7.